The third-order valence-electron chi connectivity index (χ3n) is 1.47. The smallest absolute Gasteiger partial charge is 0.225 e. The first kappa shape index (κ1) is 10.9. The molecule has 1 atom stereocenters. The highest BCUT2D eigenvalue weighted by atomic mass is 79.9. The number of aromatic nitrogens is 2. The van der Waals surface area contributed by atoms with Crippen molar-refractivity contribution in [3.05, 3.63) is 16.9 Å². The summed E-state index contributed by atoms with van der Waals surface area (Å²) in [5.74, 6) is 0.745. The first-order valence-electron chi connectivity index (χ1n) is 3.92. The monoisotopic (exact) mass is 307 g/mol. The van der Waals surface area contributed by atoms with Crippen molar-refractivity contribution in [3.63, 3.8) is 0 Å². The second-order valence-corrected chi connectivity index (χ2v) is 5.34. The van der Waals surface area contributed by atoms with Gasteiger partial charge in [0.05, 0.1) is 4.47 Å². The van der Waals surface area contributed by atoms with Crippen molar-refractivity contribution >= 4 is 37.8 Å². The zero-order chi connectivity index (χ0) is 9.84. The fourth-order valence-electron chi connectivity index (χ4n) is 0.962. The predicted molar refractivity (Wildman–Crippen MR) is 61.4 cm³/mol. The van der Waals surface area contributed by atoms with Crippen molar-refractivity contribution in [2.45, 2.75) is 11.8 Å². The topological polar surface area (TPSA) is 29.0 Å². The summed E-state index contributed by atoms with van der Waals surface area (Å²) in [6.45, 7) is 2.98. The van der Waals surface area contributed by atoms with Gasteiger partial charge in [0.15, 0.2) is 0 Å². The van der Waals surface area contributed by atoms with Crippen LogP contribution in [0.5, 0.6) is 0 Å². The molecule has 1 aromatic heterocycles. The number of nitrogens with zero attached hydrogens (tertiary/aromatic N) is 3. The second-order valence-electron chi connectivity index (χ2n) is 2.86. The van der Waals surface area contributed by atoms with Crippen LogP contribution in [0.3, 0.4) is 0 Å². The Balaban J connectivity index is 2.66. The molecule has 13 heavy (non-hydrogen) atoms. The highest BCUT2D eigenvalue weighted by Gasteiger charge is 2.05. The Morgan fingerprint density at radius 3 is 2.46 bits per heavy atom. The molecule has 1 rings (SSSR count). The number of hydrogen-bond donors (Lipinski definition) is 0. The largest absolute Gasteiger partial charge is 0.343 e. The SMILES string of the molecule is CC(Br)CN(C)c1ncc(Br)cn1. The lowest BCUT2D eigenvalue weighted by atomic mass is 10.4. The third-order valence-corrected chi connectivity index (χ3v) is 2.17. The maximum atomic E-state index is 4.18. The average Bonchev–Trinajstić information content (AvgIpc) is 2.04. The van der Waals surface area contributed by atoms with Crippen LogP contribution in [0.15, 0.2) is 16.9 Å². The molecule has 0 bridgehead atoms. The van der Waals surface area contributed by atoms with E-state index in [2.05, 4.69) is 48.8 Å². The minimum Gasteiger partial charge on any atom is -0.343 e. The zero-order valence-corrected chi connectivity index (χ0v) is 10.7. The predicted octanol–water partition coefficient (Wildman–Crippen LogP) is 2.46. The first-order chi connectivity index (χ1) is 6.09. The maximum absolute atomic E-state index is 4.18. The Bertz CT molecular complexity index is 261. The van der Waals surface area contributed by atoms with Gasteiger partial charge in [0, 0.05) is 30.8 Å². The van der Waals surface area contributed by atoms with Gasteiger partial charge in [-0.05, 0) is 15.9 Å². The van der Waals surface area contributed by atoms with Crippen molar-refractivity contribution in [1.29, 1.82) is 0 Å². The van der Waals surface area contributed by atoms with Gasteiger partial charge >= 0.3 is 0 Å². The summed E-state index contributed by atoms with van der Waals surface area (Å²) >= 11 is 6.77. The van der Waals surface area contributed by atoms with E-state index in [1.54, 1.807) is 12.4 Å². The van der Waals surface area contributed by atoms with E-state index in [0.29, 0.717) is 4.83 Å². The molecule has 1 unspecified atom stereocenters. The van der Waals surface area contributed by atoms with E-state index in [-0.39, 0.29) is 0 Å². The highest BCUT2D eigenvalue weighted by Crippen LogP contribution is 2.11. The molecule has 0 amide bonds. The molecule has 0 spiro atoms. The van der Waals surface area contributed by atoms with Gasteiger partial charge in [0.25, 0.3) is 0 Å². The summed E-state index contributed by atoms with van der Waals surface area (Å²) in [5.41, 5.74) is 0. The molecule has 0 aliphatic heterocycles. The average molecular weight is 309 g/mol. The number of hydrogen-bond acceptors (Lipinski definition) is 3. The number of anilines is 1. The van der Waals surface area contributed by atoms with Crippen molar-refractivity contribution < 1.29 is 0 Å². The summed E-state index contributed by atoms with van der Waals surface area (Å²) < 4.78 is 0.900. The Labute approximate surface area is 94.8 Å². The van der Waals surface area contributed by atoms with Gasteiger partial charge in [-0.3, -0.25) is 0 Å². The van der Waals surface area contributed by atoms with Crippen molar-refractivity contribution in [2.24, 2.45) is 0 Å². The summed E-state index contributed by atoms with van der Waals surface area (Å²) in [5, 5.41) is 0. The van der Waals surface area contributed by atoms with Crippen LogP contribution in [-0.4, -0.2) is 28.4 Å². The lowest BCUT2D eigenvalue weighted by Gasteiger charge is -2.17. The lowest BCUT2D eigenvalue weighted by molar-refractivity contribution is 0.837. The van der Waals surface area contributed by atoms with Crippen LogP contribution < -0.4 is 4.90 Å². The van der Waals surface area contributed by atoms with Gasteiger partial charge in [0.1, 0.15) is 0 Å². The molecule has 0 aromatic carbocycles. The number of rotatable bonds is 3. The molecule has 1 heterocycles. The molecule has 0 N–H and O–H groups in total. The Hall–Kier alpha value is -0.160. The summed E-state index contributed by atoms with van der Waals surface area (Å²) in [7, 11) is 1.97. The maximum Gasteiger partial charge on any atom is 0.225 e. The van der Waals surface area contributed by atoms with Crippen LogP contribution in [0.25, 0.3) is 0 Å². The van der Waals surface area contributed by atoms with E-state index in [9.17, 15) is 0 Å². The molecule has 0 aliphatic rings. The first-order valence-corrected chi connectivity index (χ1v) is 5.63. The molecule has 3 nitrogen and oxygen atoms in total. The summed E-state index contributed by atoms with van der Waals surface area (Å²) in [6.07, 6.45) is 3.50. The molecule has 0 fully saturated rings. The van der Waals surface area contributed by atoms with Gasteiger partial charge in [-0.15, -0.1) is 0 Å². The fraction of sp³-hybridized carbons (Fsp3) is 0.500. The van der Waals surface area contributed by atoms with Crippen LogP contribution in [0, 0.1) is 0 Å². The Kier molecular flexibility index (Phi) is 4.12. The molecule has 0 saturated carbocycles. The highest BCUT2D eigenvalue weighted by molar-refractivity contribution is 9.10. The Morgan fingerprint density at radius 2 is 2.00 bits per heavy atom. The Morgan fingerprint density at radius 1 is 1.46 bits per heavy atom. The third kappa shape index (κ3) is 3.60. The standard InChI is InChI=1S/C8H11Br2N3/c1-6(9)5-13(2)8-11-3-7(10)4-12-8/h3-4,6H,5H2,1-2H3. The molecular weight excluding hydrogens is 298 g/mol. The molecule has 0 radical (unpaired) electrons. The van der Waals surface area contributed by atoms with Gasteiger partial charge < -0.3 is 4.90 Å². The van der Waals surface area contributed by atoms with Gasteiger partial charge in [-0.2, -0.15) is 0 Å². The van der Waals surface area contributed by atoms with Crippen molar-refractivity contribution in [1.82, 2.24) is 9.97 Å². The van der Waals surface area contributed by atoms with E-state index in [0.717, 1.165) is 17.0 Å². The minimum absolute atomic E-state index is 0.435. The van der Waals surface area contributed by atoms with E-state index in [1.807, 2.05) is 11.9 Å². The normalized spacial score (nSPS) is 12.6. The van der Waals surface area contributed by atoms with Crippen LogP contribution in [0.1, 0.15) is 6.92 Å². The van der Waals surface area contributed by atoms with Crippen LogP contribution in [-0.2, 0) is 0 Å². The fourth-order valence-corrected chi connectivity index (χ4v) is 1.60. The lowest BCUT2D eigenvalue weighted by Crippen LogP contribution is -2.25. The van der Waals surface area contributed by atoms with Crippen LogP contribution in [0.4, 0.5) is 5.95 Å². The molecule has 0 aliphatic carbocycles. The quantitative estimate of drug-likeness (QED) is 0.803. The van der Waals surface area contributed by atoms with Gasteiger partial charge in [0.2, 0.25) is 5.95 Å². The minimum atomic E-state index is 0.435. The number of alkyl halides is 1. The van der Waals surface area contributed by atoms with Gasteiger partial charge in [-0.1, -0.05) is 22.9 Å². The zero-order valence-electron chi connectivity index (χ0n) is 7.54. The molecule has 0 saturated heterocycles. The second kappa shape index (κ2) is 4.91. The molecule has 72 valence electrons. The molecule has 1 aromatic rings. The van der Waals surface area contributed by atoms with E-state index < -0.39 is 0 Å². The van der Waals surface area contributed by atoms with Crippen LogP contribution >= 0.6 is 31.9 Å². The van der Waals surface area contributed by atoms with Crippen molar-refractivity contribution in [2.75, 3.05) is 18.5 Å². The molecule has 5 heteroatoms. The summed E-state index contributed by atoms with van der Waals surface area (Å²) in [4.78, 5) is 10.8. The van der Waals surface area contributed by atoms with E-state index in [1.165, 1.54) is 0 Å². The van der Waals surface area contributed by atoms with Gasteiger partial charge in [-0.25, -0.2) is 9.97 Å². The van der Waals surface area contributed by atoms with Crippen LogP contribution in [0.2, 0.25) is 0 Å². The molecular formula is C8H11Br2N3. The van der Waals surface area contributed by atoms with Crippen molar-refractivity contribution in [3.8, 4) is 0 Å². The number of halogens is 2. The summed E-state index contributed by atoms with van der Waals surface area (Å²) in [6, 6.07) is 0. The van der Waals surface area contributed by atoms with E-state index >= 15 is 0 Å². The van der Waals surface area contributed by atoms with E-state index in [4.69, 9.17) is 0 Å².